The van der Waals surface area contributed by atoms with Gasteiger partial charge < -0.3 is 16.5 Å². The second-order valence-corrected chi connectivity index (χ2v) is 4.37. The van der Waals surface area contributed by atoms with E-state index in [9.17, 15) is 4.79 Å². The minimum absolute atomic E-state index is 0. The summed E-state index contributed by atoms with van der Waals surface area (Å²) in [4.78, 5) is 12.2. The van der Waals surface area contributed by atoms with Crippen LogP contribution in [0.1, 0.15) is 5.76 Å². The van der Waals surface area contributed by atoms with Crippen molar-refractivity contribution in [1.29, 1.82) is 0 Å². The number of hydrogen-bond acceptors (Lipinski definition) is 3. The molecule has 0 amide bonds. The Labute approximate surface area is 140 Å². The van der Waals surface area contributed by atoms with Gasteiger partial charge in [-0.2, -0.15) is 0 Å². The van der Waals surface area contributed by atoms with Gasteiger partial charge in [0.05, 0.1) is 10.5 Å². The number of benzene rings is 1. The van der Waals surface area contributed by atoms with E-state index in [4.69, 9.17) is 16.1 Å². The normalized spacial score (nSPS) is 10.3. The van der Waals surface area contributed by atoms with Gasteiger partial charge in [-0.1, -0.05) is 22.8 Å². The van der Waals surface area contributed by atoms with Gasteiger partial charge in [0.2, 0.25) is 0 Å². The molecular formula is C13H12ClN2O2Y-. The maximum absolute atomic E-state index is 12.2. The first-order valence-corrected chi connectivity index (χ1v) is 5.52. The molecule has 0 aliphatic rings. The molecule has 0 unspecified atom stereocenters. The zero-order valence-electron chi connectivity index (χ0n) is 10.9. The molecule has 97 valence electrons. The fraction of sp³-hybridized carbons (Fsp3) is 0.154. The van der Waals surface area contributed by atoms with Gasteiger partial charge in [-0.25, -0.2) is 0 Å². The summed E-state index contributed by atoms with van der Waals surface area (Å²) in [7, 11) is 1.72. The third-order valence-corrected chi connectivity index (χ3v) is 3.29. The first kappa shape index (κ1) is 16.3. The Bertz CT molecular complexity index is 808. The van der Waals surface area contributed by atoms with Crippen LogP contribution in [0, 0.1) is 14.4 Å². The summed E-state index contributed by atoms with van der Waals surface area (Å²) in [5.41, 5.74) is 1.17. The fourth-order valence-corrected chi connectivity index (χ4v) is 2.36. The van der Waals surface area contributed by atoms with Crippen molar-refractivity contribution in [3.63, 3.8) is 0 Å². The molecule has 0 atom stereocenters. The largest absolute Gasteiger partial charge is 0.360 e. The van der Waals surface area contributed by atoms with Crippen LogP contribution in [0.15, 0.2) is 27.5 Å². The predicted molar refractivity (Wildman–Crippen MR) is 72.9 cm³/mol. The quantitative estimate of drug-likeness (QED) is 0.584. The Balaban J connectivity index is 0.000000902. The van der Waals surface area contributed by atoms with Crippen LogP contribution in [0.25, 0.3) is 21.8 Å². The molecule has 0 saturated heterocycles. The first-order chi connectivity index (χ1) is 8.11. The molecule has 1 aromatic carbocycles. The van der Waals surface area contributed by atoms with E-state index >= 15 is 0 Å². The van der Waals surface area contributed by atoms with Crippen molar-refractivity contribution in [3.8, 4) is 0 Å². The van der Waals surface area contributed by atoms with Crippen LogP contribution in [0.3, 0.4) is 0 Å². The van der Waals surface area contributed by atoms with Crippen molar-refractivity contribution in [1.82, 2.24) is 9.72 Å². The van der Waals surface area contributed by atoms with Crippen LogP contribution in [0.2, 0.25) is 5.02 Å². The van der Waals surface area contributed by atoms with E-state index < -0.39 is 0 Å². The van der Waals surface area contributed by atoms with E-state index in [0.29, 0.717) is 21.7 Å². The van der Waals surface area contributed by atoms with E-state index in [1.807, 2.05) is 12.1 Å². The number of pyridine rings is 1. The van der Waals surface area contributed by atoms with E-state index in [0.717, 1.165) is 10.9 Å². The molecule has 0 saturated carbocycles. The van der Waals surface area contributed by atoms with Gasteiger partial charge in [0.1, 0.15) is 16.7 Å². The van der Waals surface area contributed by atoms with Gasteiger partial charge in [-0.3, -0.25) is 4.79 Å². The van der Waals surface area contributed by atoms with Gasteiger partial charge >= 0.3 is 0 Å². The Morgan fingerprint density at radius 3 is 2.68 bits per heavy atom. The molecule has 19 heavy (non-hydrogen) atoms. The summed E-state index contributed by atoms with van der Waals surface area (Å²) in [5.74, 6) is 0.516. The Morgan fingerprint density at radius 1 is 1.32 bits per heavy atom. The number of rotatable bonds is 0. The van der Waals surface area contributed by atoms with Crippen LogP contribution < -0.4 is 5.56 Å². The molecule has 0 bridgehead atoms. The molecular weight excluding hydrogens is 341 g/mol. The predicted octanol–water partition coefficient (Wildman–Crippen LogP) is 3.09. The van der Waals surface area contributed by atoms with Gasteiger partial charge in [0.15, 0.2) is 0 Å². The second kappa shape index (κ2) is 5.74. The number of fused-ring (bicyclic) bond motifs is 3. The molecule has 0 aliphatic heterocycles. The molecule has 6 heteroatoms. The molecule has 4 nitrogen and oxygen atoms in total. The minimum atomic E-state index is -0.117. The van der Waals surface area contributed by atoms with E-state index in [-0.39, 0.29) is 45.7 Å². The number of hydrogen-bond donors (Lipinski definition) is 0. The van der Waals surface area contributed by atoms with Crippen LogP contribution in [-0.2, 0) is 39.8 Å². The molecule has 3 rings (SSSR count). The molecule has 2 heterocycles. The first-order valence-electron chi connectivity index (χ1n) is 5.14. The van der Waals surface area contributed by atoms with Gasteiger partial charge in [0, 0.05) is 45.1 Å². The van der Waals surface area contributed by atoms with Crippen molar-refractivity contribution in [3.05, 3.63) is 46.8 Å². The number of aromatic nitrogens is 2. The molecule has 2 aromatic heterocycles. The summed E-state index contributed by atoms with van der Waals surface area (Å²) in [6, 6.07) is 5.42. The minimum Gasteiger partial charge on any atom is -0.360 e. The average molecular weight is 353 g/mol. The average Bonchev–Trinajstić information content (AvgIpc) is 2.68. The van der Waals surface area contributed by atoms with Crippen LogP contribution in [-0.4, -0.2) is 9.72 Å². The number of aryl methyl sites for hydroxylation is 2. The van der Waals surface area contributed by atoms with Crippen molar-refractivity contribution >= 4 is 33.4 Å². The zero-order chi connectivity index (χ0) is 12.2. The fourth-order valence-electron chi connectivity index (χ4n) is 2.10. The summed E-state index contributed by atoms with van der Waals surface area (Å²) in [6.45, 7) is 1.72. The van der Waals surface area contributed by atoms with Gasteiger partial charge in [-0.05, 0) is 19.1 Å². The molecule has 0 spiro atoms. The monoisotopic (exact) mass is 352 g/mol. The summed E-state index contributed by atoms with van der Waals surface area (Å²) in [5, 5.41) is 5.75. The molecule has 0 aliphatic carbocycles. The topological polar surface area (TPSA) is 48.0 Å². The third kappa shape index (κ3) is 2.26. The summed E-state index contributed by atoms with van der Waals surface area (Å²) < 4.78 is 6.66. The zero-order valence-corrected chi connectivity index (χ0v) is 14.5. The summed E-state index contributed by atoms with van der Waals surface area (Å²) >= 11 is 6.17. The third-order valence-electron chi connectivity index (χ3n) is 2.97. The maximum atomic E-state index is 12.2. The van der Waals surface area contributed by atoms with Gasteiger partial charge in [-0.15, -0.1) is 0 Å². The standard InChI is InChI=1S/C12H9ClN2O2.CH3.Y/c1-6-9-11(14-17-6)10-7(13)4-3-5-8(10)15(2)12(9)16;;/h3-5H,1-2H3;1H3;/q;-1;. The summed E-state index contributed by atoms with van der Waals surface area (Å²) in [6.07, 6.45) is 0. The molecule has 0 fully saturated rings. The number of nitrogens with zero attached hydrogens (tertiary/aromatic N) is 2. The Hall–Kier alpha value is -0.706. The van der Waals surface area contributed by atoms with Crippen molar-refractivity contribution in [2.24, 2.45) is 7.05 Å². The van der Waals surface area contributed by atoms with Crippen molar-refractivity contribution in [2.45, 2.75) is 6.92 Å². The van der Waals surface area contributed by atoms with Crippen molar-refractivity contribution in [2.75, 3.05) is 0 Å². The smallest absolute Gasteiger partial charge is 0.263 e. The van der Waals surface area contributed by atoms with E-state index in [2.05, 4.69) is 5.16 Å². The number of halogens is 1. The molecule has 0 N–H and O–H groups in total. The van der Waals surface area contributed by atoms with Crippen molar-refractivity contribution < 1.29 is 37.2 Å². The Kier molecular flexibility index (Phi) is 4.93. The van der Waals surface area contributed by atoms with Crippen LogP contribution in [0.4, 0.5) is 0 Å². The molecule has 3 aromatic rings. The SMILES string of the molecule is Cc1onc2c1c(=O)n(C)c1cccc(Cl)c21.[CH3-].[Y]. The second-order valence-electron chi connectivity index (χ2n) is 3.96. The van der Waals surface area contributed by atoms with Crippen LogP contribution in [0.5, 0.6) is 0 Å². The van der Waals surface area contributed by atoms with E-state index in [1.165, 1.54) is 0 Å². The van der Waals surface area contributed by atoms with Crippen LogP contribution >= 0.6 is 11.6 Å². The molecule has 1 radical (unpaired) electrons. The van der Waals surface area contributed by atoms with E-state index in [1.54, 1.807) is 24.6 Å². The van der Waals surface area contributed by atoms with Gasteiger partial charge in [0.25, 0.3) is 5.56 Å². The Morgan fingerprint density at radius 2 is 2.00 bits per heavy atom. The maximum Gasteiger partial charge on any atom is 0.263 e.